The Labute approximate surface area is 92.8 Å². The van der Waals surface area contributed by atoms with E-state index < -0.39 is 0 Å². The van der Waals surface area contributed by atoms with Gasteiger partial charge in [-0.2, -0.15) is 0 Å². The molecule has 0 aliphatic heterocycles. The molecule has 0 fully saturated rings. The lowest BCUT2D eigenvalue weighted by molar-refractivity contribution is 0.355. The van der Waals surface area contributed by atoms with E-state index in [0.717, 1.165) is 5.56 Å². The number of anilines is 1. The largest absolute Gasteiger partial charge is 0.493 e. The maximum atomic E-state index is 5.41. The molecule has 5 nitrogen and oxygen atoms in total. The molecular formula is C11H12N2O3. The molecule has 2 rings (SSSR count). The summed E-state index contributed by atoms with van der Waals surface area (Å²) in [4.78, 5) is 3.83. The number of hydrogen-bond acceptors (Lipinski definition) is 5. The molecule has 16 heavy (non-hydrogen) atoms. The third-order valence-electron chi connectivity index (χ3n) is 2.19. The van der Waals surface area contributed by atoms with Crippen molar-refractivity contribution in [3.8, 4) is 22.8 Å². The lowest BCUT2D eigenvalue weighted by atomic mass is 10.1. The van der Waals surface area contributed by atoms with Crippen LogP contribution >= 0.6 is 0 Å². The molecule has 1 heterocycles. The van der Waals surface area contributed by atoms with Crippen LogP contribution in [0.1, 0.15) is 0 Å². The normalized spacial score (nSPS) is 10.1. The average molecular weight is 220 g/mol. The lowest BCUT2D eigenvalue weighted by Crippen LogP contribution is -1.90. The van der Waals surface area contributed by atoms with Crippen LogP contribution in [0.25, 0.3) is 11.3 Å². The summed E-state index contributed by atoms with van der Waals surface area (Å²) in [5.74, 6) is 1.90. The van der Waals surface area contributed by atoms with Crippen LogP contribution in [0.3, 0.4) is 0 Å². The van der Waals surface area contributed by atoms with Gasteiger partial charge in [0.15, 0.2) is 17.3 Å². The summed E-state index contributed by atoms with van der Waals surface area (Å²) in [6, 6.07) is 5.59. The first-order valence-electron chi connectivity index (χ1n) is 4.68. The number of hydrogen-bond donors (Lipinski definition) is 1. The number of ether oxygens (including phenoxy) is 2. The first-order chi connectivity index (χ1) is 7.74. The summed E-state index contributed by atoms with van der Waals surface area (Å²) in [6.07, 6.45) is 1.57. The van der Waals surface area contributed by atoms with Gasteiger partial charge in [0.25, 0.3) is 6.01 Å². The fourth-order valence-corrected chi connectivity index (χ4v) is 1.41. The Morgan fingerprint density at radius 1 is 1.19 bits per heavy atom. The molecule has 0 aliphatic carbocycles. The Hall–Kier alpha value is -2.17. The zero-order valence-electron chi connectivity index (χ0n) is 9.06. The quantitative estimate of drug-likeness (QED) is 0.855. The van der Waals surface area contributed by atoms with Crippen molar-refractivity contribution in [2.75, 3.05) is 20.0 Å². The number of nitrogens with two attached hydrogens (primary N) is 1. The summed E-state index contributed by atoms with van der Waals surface area (Å²) < 4.78 is 15.5. The fraction of sp³-hybridized carbons (Fsp3) is 0.182. The molecule has 1 aromatic carbocycles. The summed E-state index contributed by atoms with van der Waals surface area (Å²) in [6.45, 7) is 0. The number of methoxy groups -OCH3 is 2. The van der Waals surface area contributed by atoms with Crippen molar-refractivity contribution in [1.29, 1.82) is 0 Å². The van der Waals surface area contributed by atoms with Crippen LogP contribution in [0.15, 0.2) is 28.8 Å². The Balaban J connectivity index is 2.43. The zero-order chi connectivity index (χ0) is 11.5. The van der Waals surface area contributed by atoms with Gasteiger partial charge in [-0.15, -0.1) is 0 Å². The molecule has 0 unspecified atom stereocenters. The zero-order valence-corrected chi connectivity index (χ0v) is 9.06. The van der Waals surface area contributed by atoms with E-state index in [2.05, 4.69) is 4.98 Å². The monoisotopic (exact) mass is 220 g/mol. The molecular weight excluding hydrogens is 208 g/mol. The average Bonchev–Trinajstić information content (AvgIpc) is 2.75. The van der Waals surface area contributed by atoms with Crippen molar-refractivity contribution < 1.29 is 13.9 Å². The van der Waals surface area contributed by atoms with Crippen LogP contribution in [-0.4, -0.2) is 19.2 Å². The van der Waals surface area contributed by atoms with Crippen molar-refractivity contribution in [3.05, 3.63) is 24.4 Å². The highest BCUT2D eigenvalue weighted by Gasteiger charge is 2.09. The Morgan fingerprint density at radius 2 is 1.94 bits per heavy atom. The van der Waals surface area contributed by atoms with Crippen molar-refractivity contribution in [2.24, 2.45) is 0 Å². The van der Waals surface area contributed by atoms with Crippen LogP contribution in [-0.2, 0) is 0 Å². The number of oxazole rings is 1. The Morgan fingerprint density at radius 3 is 2.50 bits per heavy atom. The van der Waals surface area contributed by atoms with Gasteiger partial charge in [-0.05, 0) is 18.2 Å². The highest BCUT2D eigenvalue weighted by atomic mass is 16.5. The minimum Gasteiger partial charge on any atom is -0.493 e. The smallest absolute Gasteiger partial charge is 0.292 e. The van der Waals surface area contributed by atoms with Crippen LogP contribution in [0.4, 0.5) is 6.01 Å². The Kier molecular flexibility index (Phi) is 2.68. The maximum Gasteiger partial charge on any atom is 0.292 e. The number of nitrogens with zero attached hydrogens (tertiary/aromatic N) is 1. The fourth-order valence-electron chi connectivity index (χ4n) is 1.41. The van der Waals surface area contributed by atoms with E-state index in [9.17, 15) is 0 Å². The number of aromatic nitrogens is 1. The van der Waals surface area contributed by atoms with Gasteiger partial charge in [0.05, 0.1) is 20.4 Å². The molecule has 0 bridgehead atoms. The molecule has 5 heteroatoms. The van der Waals surface area contributed by atoms with E-state index in [0.29, 0.717) is 17.3 Å². The Bertz CT molecular complexity index is 494. The van der Waals surface area contributed by atoms with E-state index in [1.54, 1.807) is 32.5 Å². The molecule has 84 valence electrons. The molecule has 0 saturated carbocycles. The minimum atomic E-state index is 0.143. The SMILES string of the molecule is COc1ccc(-c2cnc(N)o2)cc1OC. The van der Waals surface area contributed by atoms with Gasteiger partial charge < -0.3 is 19.6 Å². The molecule has 1 aromatic heterocycles. The molecule has 0 atom stereocenters. The van der Waals surface area contributed by atoms with E-state index in [4.69, 9.17) is 19.6 Å². The van der Waals surface area contributed by atoms with Gasteiger partial charge in [0.1, 0.15) is 0 Å². The van der Waals surface area contributed by atoms with Crippen molar-refractivity contribution in [2.45, 2.75) is 0 Å². The van der Waals surface area contributed by atoms with E-state index in [1.165, 1.54) is 0 Å². The highest BCUT2D eigenvalue weighted by Crippen LogP contribution is 2.32. The highest BCUT2D eigenvalue weighted by molar-refractivity contribution is 5.62. The first kappa shape index (κ1) is 10.4. The number of benzene rings is 1. The van der Waals surface area contributed by atoms with Crippen LogP contribution < -0.4 is 15.2 Å². The third kappa shape index (κ3) is 1.79. The summed E-state index contributed by atoms with van der Waals surface area (Å²) in [5, 5.41) is 0. The second-order valence-corrected chi connectivity index (χ2v) is 3.13. The lowest BCUT2D eigenvalue weighted by Gasteiger charge is -2.07. The summed E-state index contributed by atoms with van der Waals surface area (Å²) in [5.41, 5.74) is 6.24. The summed E-state index contributed by atoms with van der Waals surface area (Å²) in [7, 11) is 3.17. The van der Waals surface area contributed by atoms with Crippen molar-refractivity contribution in [3.63, 3.8) is 0 Å². The number of nitrogen functional groups attached to an aromatic ring is 1. The van der Waals surface area contributed by atoms with Gasteiger partial charge in [-0.1, -0.05) is 0 Å². The van der Waals surface area contributed by atoms with Gasteiger partial charge >= 0.3 is 0 Å². The van der Waals surface area contributed by atoms with Gasteiger partial charge in [0, 0.05) is 5.56 Å². The van der Waals surface area contributed by atoms with Gasteiger partial charge in [0.2, 0.25) is 0 Å². The molecule has 0 saturated heterocycles. The van der Waals surface area contributed by atoms with Crippen LogP contribution in [0.2, 0.25) is 0 Å². The molecule has 0 amide bonds. The molecule has 2 N–H and O–H groups in total. The van der Waals surface area contributed by atoms with Crippen molar-refractivity contribution in [1.82, 2.24) is 4.98 Å². The van der Waals surface area contributed by atoms with Gasteiger partial charge in [-0.3, -0.25) is 0 Å². The number of rotatable bonds is 3. The first-order valence-corrected chi connectivity index (χ1v) is 4.68. The minimum absolute atomic E-state index is 0.143. The van der Waals surface area contributed by atoms with Crippen LogP contribution in [0, 0.1) is 0 Å². The van der Waals surface area contributed by atoms with Crippen molar-refractivity contribution >= 4 is 6.01 Å². The second-order valence-electron chi connectivity index (χ2n) is 3.13. The van der Waals surface area contributed by atoms with E-state index in [1.807, 2.05) is 6.07 Å². The molecule has 0 aliphatic rings. The van der Waals surface area contributed by atoms with E-state index >= 15 is 0 Å². The predicted molar refractivity (Wildman–Crippen MR) is 59.5 cm³/mol. The summed E-state index contributed by atoms with van der Waals surface area (Å²) >= 11 is 0. The predicted octanol–water partition coefficient (Wildman–Crippen LogP) is 1.94. The second kappa shape index (κ2) is 4.14. The van der Waals surface area contributed by atoms with Gasteiger partial charge in [-0.25, -0.2) is 4.98 Å². The maximum absolute atomic E-state index is 5.41. The van der Waals surface area contributed by atoms with Crippen LogP contribution in [0.5, 0.6) is 11.5 Å². The molecule has 0 radical (unpaired) electrons. The topological polar surface area (TPSA) is 70.5 Å². The third-order valence-corrected chi connectivity index (χ3v) is 2.19. The van der Waals surface area contributed by atoms with E-state index in [-0.39, 0.29) is 6.01 Å². The molecule has 0 spiro atoms. The standard InChI is InChI=1S/C11H12N2O3/c1-14-8-4-3-7(5-9(8)15-2)10-6-13-11(12)16-10/h3-6H,1-2H3,(H2,12,13). The molecule has 2 aromatic rings.